The molecule has 0 bridgehead atoms. The summed E-state index contributed by atoms with van der Waals surface area (Å²) in [5, 5.41) is 15.5. The van der Waals surface area contributed by atoms with Crippen LogP contribution < -0.4 is 5.32 Å². The maximum atomic E-state index is 12.5. The fourth-order valence-corrected chi connectivity index (χ4v) is 3.09. The molecule has 0 saturated carbocycles. The van der Waals surface area contributed by atoms with Crippen molar-refractivity contribution in [2.75, 3.05) is 5.32 Å². The first-order chi connectivity index (χ1) is 12.0. The number of aryl methyl sites for hydroxylation is 1. The van der Waals surface area contributed by atoms with E-state index in [-0.39, 0.29) is 11.2 Å². The number of benzene rings is 2. The molecule has 25 heavy (non-hydrogen) atoms. The topological polar surface area (TPSA) is 72.7 Å². The van der Waals surface area contributed by atoms with Crippen LogP contribution in [0.25, 0.3) is 5.69 Å². The van der Waals surface area contributed by atoms with Crippen LogP contribution in [-0.4, -0.2) is 31.4 Å². The molecule has 128 valence electrons. The number of para-hydroxylation sites is 1. The molecule has 1 amide bonds. The molecule has 6 nitrogen and oxygen atoms in total. The number of carbonyl (C=O) groups is 1. The van der Waals surface area contributed by atoms with Gasteiger partial charge in [0.25, 0.3) is 0 Å². The molecule has 1 heterocycles. The summed E-state index contributed by atoms with van der Waals surface area (Å²) in [6.45, 7) is 3.77. The molecule has 0 saturated heterocycles. The molecule has 1 N–H and O–H groups in total. The smallest absolute Gasteiger partial charge is 0.237 e. The van der Waals surface area contributed by atoms with Gasteiger partial charge in [-0.1, -0.05) is 41.6 Å². The third-order valence-electron chi connectivity index (χ3n) is 3.57. The van der Waals surface area contributed by atoms with Gasteiger partial charge in [0.2, 0.25) is 11.1 Å². The molecule has 1 atom stereocenters. The fourth-order valence-electron chi connectivity index (χ4n) is 2.16. The molecule has 0 unspecified atom stereocenters. The number of anilines is 1. The zero-order chi connectivity index (χ0) is 17.8. The first kappa shape index (κ1) is 17.4. The van der Waals surface area contributed by atoms with Gasteiger partial charge >= 0.3 is 0 Å². The molecule has 0 aliphatic heterocycles. The Balaban J connectivity index is 1.72. The molecule has 0 spiro atoms. The number of thioether (sulfide) groups is 1. The van der Waals surface area contributed by atoms with E-state index in [0.29, 0.717) is 10.2 Å². The van der Waals surface area contributed by atoms with Gasteiger partial charge in [0.05, 0.1) is 10.9 Å². The van der Waals surface area contributed by atoms with E-state index in [4.69, 9.17) is 11.6 Å². The van der Waals surface area contributed by atoms with Gasteiger partial charge in [0, 0.05) is 10.7 Å². The van der Waals surface area contributed by atoms with E-state index in [1.165, 1.54) is 11.8 Å². The summed E-state index contributed by atoms with van der Waals surface area (Å²) in [5.41, 5.74) is 2.60. The number of carbonyl (C=O) groups excluding carboxylic acids is 1. The van der Waals surface area contributed by atoms with Crippen molar-refractivity contribution < 1.29 is 4.79 Å². The molecule has 8 heteroatoms. The lowest BCUT2D eigenvalue weighted by Crippen LogP contribution is -2.23. The average molecular weight is 374 g/mol. The summed E-state index contributed by atoms with van der Waals surface area (Å²) >= 11 is 7.20. The molecule has 2 aromatic carbocycles. The van der Waals surface area contributed by atoms with Gasteiger partial charge in [0.1, 0.15) is 0 Å². The minimum absolute atomic E-state index is 0.107. The molecule has 3 aromatic rings. The van der Waals surface area contributed by atoms with E-state index in [1.807, 2.05) is 50.2 Å². The third kappa shape index (κ3) is 4.18. The Morgan fingerprint density at radius 1 is 1.20 bits per heavy atom. The number of nitrogens with zero attached hydrogens (tertiary/aromatic N) is 4. The van der Waals surface area contributed by atoms with Gasteiger partial charge in [0.15, 0.2) is 0 Å². The predicted molar refractivity (Wildman–Crippen MR) is 99.3 cm³/mol. The second-order valence-corrected chi connectivity index (χ2v) is 7.16. The van der Waals surface area contributed by atoms with Crippen molar-refractivity contribution in [2.24, 2.45) is 0 Å². The van der Waals surface area contributed by atoms with Crippen LogP contribution in [0.1, 0.15) is 12.5 Å². The molecule has 0 aliphatic carbocycles. The summed E-state index contributed by atoms with van der Waals surface area (Å²) in [4.78, 5) is 12.5. The number of amides is 1. The SMILES string of the molecule is Cc1ccccc1NC(=O)[C@H](C)Sc1nnnn1-c1ccc(Cl)cc1. The maximum absolute atomic E-state index is 12.5. The quantitative estimate of drug-likeness (QED) is 0.689. The normalized spacial score (nSPS) is 12.0. The van der Waals surface area contributed by atoms with Crippen molar-refractivity contribution in [1.29, 1.82) is 0 Å². The van der Waals surface area contributed by atoms with E-state index in [1.54, 1.807) is 16.8 Å². The standard InChI is InChI=1S/C17H16ClN5OS/c1-11-5-3-4-6-15(11)19-16(24)12(2)25-17-20-21-22-23(17)14-9-7-13(18)8-10-14/h3-10,12H,1-2H3,(H,19,24)/t12-/m0/s1. The Morgan fingerprint density at radius 2 is 1.92 bits per heavy atom. The van der Waals surface area contributed by atoms with Crippen LogP contribution in [0, 0.1) is 6.92 Å². The zero-order valence-corrected chi connectivity index (χ0v) is 15.3. The van der Waals surface area contributed by atoms with Gasteiger partial charge in [-0.2, -0.15) is 4.68 Å². The highest BCUT2D eigenvalue weighted by atomic mass is 35.5. The molecule has 0 fully saturated rings. The lowest BCUT2D eigenvalue weighted by Gasteiger charge is -2.13. The summed E-state index contributed by atoms with van der Waals surface area (Å²) in [7, 11) is 0. The van der Waals surface area contributed by atoms with Crippen molar-refractivity contribution >= 4 is 35.0 Å². The van der Waals surface area contributed by atoms with Crippen molar-refractivity contribution in [1.82, 2.24) is 20.2 Å². The Morgan fingerprint density at radius 3 is 2.64 bits per heavy atom. The predicted octanol–water partition coefficient (Wildman–Crippen LogP) is 3.74. The van der Waals surface area contributed by atoms with Crippen LogP contribution in [-0.2, 0) is 4.79 Å². The highest BCUT2D eigenvalue weighted by Crippen LogP contribution is 2.25. The van der Waals surface area contributed by atoms with E-state index in [0.717, 1.165) is 16.9 Å². The van der Waals surface area contributed by atoms with Gasteiger partial charge in [-0.3, -0.25) is 4.79 Å². The van der Waals surface area contributed by atoms with Crippen LogP contribution in [0.3, 0.4) is 0 Å². The average Bonchev–Trinajstić information content (AvgIpc) is 3.05. The van der Waals surface area contributed by atoms with Crippen LogP contribution in [0.5, 0.6) is 0 Å². The summed E-state index contributed by atoms with van der Waals surface area (Å²) in [6.07, 6.45) is 0. The van der Waals surface area contributed by atoms with Crippen LogP contribution in [0.15, 0.2) is 53.7 Å². The van der Waals surface area contributed by atoms with Gasteiger partial charge in [-0.25, -0.2) is 0 Å². The lowest BCUT2D eigenvalue weighted by molar-refractivity contribution is -0.115. The Hall–Kier alpha value is -2.38. The van der Waals surface area contributed by atoms with Gasteiger partial charge in [-0.15, -0.1) is 5.10 Å². The monoisotopic (exact) mass is 373 g/mol. The first-order valence-electron chi connectivity index (χ1n) is 7.62. The Bertz CT molecular complexity index is 881. The largest absolute Gasteiger partial charge is 0.325 e. The zero-order valence-electron chi connectivity index (χ0n) is 13.7. The summed E-state index contributed by atoms with van der Waals surface area (Å²) in [5.74, 6) is -0.107. The number of halogens is 1. The number of aromatic nitrogens is 4. The number of hydrogen-bond donors (Lipinski definition) is 1. The van der Waals surface area contributed by atoms with E-state index in [9.17, 15) is 4.79 Å². The fraction of sp³-hybridized carbons (Fsp3) is 0.176. The summed E-state index contributed by atoms with van der Waals surface area (Å²) in [6, 6.07) is 14.8. The number of rotatable bonds is 5. The van der Waals surface area contributed by atoms with Gasteiger partial charge < -0.3 is 5.32 Å². The van der Waals surface area contributed by atoms with Crippen LogP contribution >= 0.6 is 23.4 Å². The van der Waals surface area contributed by atoms with Crippen LogP contribution in [0.2, 0.25) is 5.02 Å². The van der Waals surface area contributed by atoms with E-state index in [2.05, 4.69) is 20.8 Å². The molecular weight excluding hydrogens is 358 g/mol. The minimum Gasteiger partial charge on any atom is -0.325 e. The second-order valence-electron chi connectivity index (χ2n) is 5.41. The Kier molecular flexibility index (Phi) is 5.35. The molecular formula is C17H16ClN5OS. The lowest BCUT2D eigenvalue weighted by atomic mass is 10.2. The second kappa shape index (κ2) is 7.67. The van der Waals surface area contributed by atoms with Gasteiger partial charge in [-0.05, 0) is 60.2 Å². The number of nitrogens with one attached hydrogen (secondary N) is 1. The number of tetrazole rings is 1. The Labute approximate surface area is 154 Å². The number of hydrogen-bond acceptors (Lipinski definition) is 5. The molecule has 0 aliphatic rings. The first-order valence-corrected chi connectivity index (χ1v) is 8.88. The van der Waals surface area contributed by atoms with E-state index >= 15 is 0 Å². The highest BCUT2D eigenvalue weighted by molar-refractivity contribution is 8.00. The highest BCUT2D eigenvalue weighted by Gasteiger charge is 2.19. The van der Waals surface area contributed by atoms with Crippen molar-refractivity contribution in [3.05, 3.63) is 59.1 Å². The van der Waals surface area contributed by atoms with Crippen molar-refractivity contribution in [3.8, 4) is 5.69 Å². The molecule has 3 rings (SSSR count). The summed E-state index contributed by atoms with van der Waals surface area (Å²) < 4.78 is 1.58. The van der Waals surface area contributed by atoms with Crippen molar-refractivity contribution in [2.45, 2.75) is 24.3 Å². The minimum atomic E-state index is -0.364. The van der Waals surface area contributed by atoms with Crippen LogP contribution in [0.4, 0.5) is 5.69 Å². The molecule has 0 radical (unpaired) electrons. The van der Waals surface area contributed by atoms with E-state index < -0.39 is 0 Å². The van der Waals surface area contributed by atoms with Crippen molar-refractivity contribution in [3.63, 3.8) is 0 Å². The maximum Gasteiger partial charge on any atom is 0.237 e. The molecule has 1 aromatic heterocycles. The third-order valence-corrected chi connectivity index (χ3v) is 4.85.